The fraction of sp³-hybridized carbons (Fsp3) is 0.286. The summed E-state index contributed by atoms with van der Waals surface area (Å²) in [5.74, 6) is -0.0152. The number of carbonyl (C=O) groups is 1. The van der Waals surface area contributed by atoms with Crippen molar-refractivity contribution in [3.63, 3.8) is 0 Å². The molecule has 0 unspecified atom stereocenters. The lowest BCUT2D eigenvalue weighted by Crippen LogP contribution is -2.21. The number of aryl methyl sites for hydroxylation is 2. The summed E-state index contributed by atoms with van der Waals surface area (Å²) in [7, 11) is 3.49. The number of hydrogen-bond acceptors (Lipinski definition) is 2. The second-order valence-electron chi connectivity index (χ2n) is 4.58. The third-order valence-electron chi connectivity index (χ3n) is 2.77. The van der Waals surface area contributed by atoms with Gasteiger partial charge in [0.25, 0.3) is 5.91 Å². The highest BCUT2D eigenvalue weighted by Gasteiger charge is 2.10. The molecule has 1 amide bonds. The van der Waals surface area contributed by atoms with Crippen molar-refractivity contribution in [1.29, 1.82) is 0 Å². The molecule has 1 heterocycles. The molecule has 88 valence electrons. The molecule has 17 heavy (non-hydrogen) atoms. The van der Waals surface area contributed by atoms with Crippen molar-refractivity contribution >= 4 is 16.8 Å². The van der Waals surface area contributed by atoms with Crippen LogP contribution in [-0.2, 0) is 0 Å². The van der Waals surface area contributed by atoms with Crippen LogP contribution in [0, 0.1) is 13.8 Å². The molecule has 0 N–H and O–H groups in total. The Morgan fingerprint density at radius 3 is 2.53 bits per heavy atom. The fourth-order valence-corrected chi connectivity index (χ4v) is 1.99. The number of carbonyl (C=O) groups excluding carboxylic acids is 1. The predicted octanol–water partition coefficient (Wildman–Crippen LogP) is 2.55. The Morgan fingerprint density at radius 1 is 1.18 bits per heavy atom. The van der Waals surface area contributed by atoms with Gasteiger partial charge in [-0.05, 0) is 31.5 Å². The molecule has 0 bridgehead atoms. The number of hydrogen-bond donors (Lipinski definition) is 0. The molecule has 0 spiro atoms. The van der Waals surface area contributed by atoms with Crippen LogP contribution in [0.1, 0.15) is 21.5 Å². The first kappa shape index (κ1) is 11.6. The van der Waals surface area contributed by atoms with E-state index in [-0.39, 0.29) is 5.91 Å². The second kappa shape index (κ2) is 4.17. The van der Waals surface area contributed by atoms with E-state index >= 15 is 0 Å². The highest BCUT2D eigenvalue weighted by atomic mass is 16.2. The Morgan fingerprint density at radius 2 is 1.88 bits per heavy atom. The minimum absolute atomic E-state index is 0.0152. The molecular formula is C14H16N2O. The molecule has 0 aliphatic rings. The van der Waals surface area contributed by atoms with E-state index in [9.17, 15) is 4.79 Å². The normalized spacial score (nSPS) is 10.6. The van der Waals surface area contributed by atoms with E-state index in [4.69, 9.17) is 0 Å². The van der Waals surface area contributed by atoms with Crippen LogP contribution in [0.15, 0.2) is 24.4 Å². The van der Waals surface area contributed by atoms with Crippen molar-refractivity contribution in [2.45, 2.75) is 13.8 Å². The number of pyridine rings is 1. The quantitative estimate of drug-likeness (QED) is 0.751. The topological polar surface area (TPSA) is 33.2 Å². The van der Waals surface area contributed by atoms with E-state index in [0.29, 0.717) is 5.56 Å². The minimum atomic E-state index is -0.0152. The average molecular weight is 228 g/mol. The molecule has 0 atom stereocenters. The summed E-state index contributed by atoms with van der Waals surface area (Å²) in [5, 5.41) is 1.02. The van der Waals surface area contributed by atoms with Crippen LogP contribution in [-0.4, -0.2) is 29.9 Å². The van der Waals surface area contributed by atoms with Crippen LogP contribution in [0.4, 0.5) is 0 Å². The van der Waals surface area contributed by atoms with Gasteiger partial charge in [0.1, 0.15) is 0 Å². The lowest BCUT2D eigenvalue weighted by Gasteiger charge is -2.11. The Kier molecular flexibility index (Phi) is 2.84. The molecule has 2 aromatic rings. The summed E-state index contributed by atoms with van der Waals surface area (Å²) < 4.78 is 0. The van der Waals surface area contributed by atoms with Crippen molar-refractivity contribution < 1.29 is 4.79 Å². The average Bonchev–Trinajstić information content (AvgIpc) is 2.26. The summed E-state index contributed by atoms with van der Waals surface area (Å²) in [5.41, 5.74) is 3.92. The van der Waals surface area contributed by atoms with Crippen molar-refractivity contribution in [3.05, 3.63) is 41.1 Å². The smallest absolute Gasteiger partial charge is 0.254 e. The first-order valence-electron chi connectivity index (χ1n) is 5.57. The summed E-state index contributed by atoms with van der Waals surface area (Å²) in [6, 6.07) is 6.06. The van der Waals surface area contributed by atoms with E-state index in [1.165, 1.54) is 5.56 Å². The lowest BCUT2D eigenvalue weighted by molar-refractivity contribution is 0.0827. The fourth-order valence-electron chi connectivity index (χ4n) is 1.99. The van der Waals surface area contributed by atoms with E-state index < -0.39 is 0 Å². The largest absolute Gasteiger partial charge is 0.345 e. The molecule has 3 nitrogen and oxygen atoms in total. The second-order valence-corrected chi connectivity index (χ2v) is 4.58. The van der Waals surface area contributed by atoms with Gasteiger partial charge in [0.15, 0.2) is 0 Å². The van der Waals surface area contributed by atoms with E-state index in [2.05, 4.69) is 17.1 Å². The maximum absolute atomic E-state index is 11.8. The molecule has 0 aliphatic heterocycles. The maximum atomic E-state index is 11.8. The standard InChI is InChI=1S/C14H16N2O/c1-9-5-10(2)13-11(6-9)7-12(8-15-13)14(17)16(3)4/h5-8H,1-4H3. The number of rotatable bonds is 1. The molecule has 2 rings (SSSR count). The Labute approximate surface area is 101 Å². The van der Waals surface area contributed by atoms with Crippen molar-refractivity contribution in [2.75, 3.05) is 14.1 Å². The van der Waals surface area contributed by atoms with Crippen LogP contribution < -0.4 is 0 Å². The van der Waals surface area contributed by atoms with Crippen LogP contribution in [0.2, 0.25) is 0 Å². The van der Waals surface area contributed by atoms with Gasteiger partial charge >= 0.3 is 0 Å². The van der Waals surface area contributed by atoms with Gasteiger partial charge in [-0.15, -0.1) is 0 Å². The molecule has 1 aromatic carbocycles. The van der Waals surface area contributed by atoms with Gasteiger partial charge in [0, 0.05) is 25.7 Å². The number of nitrogens with zero attached hydrogens (tertiary/aromatic N) is 2. The molecule has 0 aliphatic carbocycles. The molecule has 0 saturated carbocycles. The summed E-state index contributed by atoms with van der Waals surface area (Å²) in [6.07, 6.45) is 1.65. The zero-order valence-electron chi connectivity index (χ0n) is 10.6. The lowest BCUT2D eigenvalue weighted by atomic mass is 10.1. The van der Waals surface area contributed by atoms with E-state index in [1.807, 2.05) is 19.9 Å². The third kappa shape index (κ3) is 2.13. The highest BCUT2D eigenvalue weighted by Crippen LogP contribution is 2.19. The summed E-state index contributed by atoms with van der Waals surface area (Å²) >= 11 is 0. The first-order valence-corrected chi connectivity index (χ1v) is 5.57. The number of aromatic nitrogens is 1. The molecule has 0 fully saturated rings. The van der Waals surface area contributed by atoms with Crippen molar-refractivity contribution in [2.24, 2.45) is 0 Å². The van der Waals surface area contributed by atoms with Gasteiger partial charge in [0.05, 0.1) is 11.1 Å². The van der Waals surface area contributed by atoms with Gasteiger partial charge in [-0.1, -0.05) is 11.6 Å². The SMILES string of the molecule is Cc1cc(C)c2ncc(C(=O)N(C)C)cc2c1. The maximum Gasteiger partial charge on any atom is 0.254 e. The summed E-state index contributed by atoms with van der Waals surface area (Å²) in [4.78, 5) is 17.8. The van der Waals surface area contributed by atoms with Crippen molar-refractivity contribution in [1.82, 2.24) is 9.88 Å². The van der Waals surface area contributed by atoms with Crippen LogP contribution in [0.3, 0.4) is 0 Å². The highest BCUT2D eigenvalue weighted by molar-refractivity contribution is 5.97. The number of benzene rings is 1. The molecule has 0 radical (unpaired) electrons. The van der Waals surface area contributed by atoms with Gasteiger partial charge in [0.2, 0.25) is 0 Å². The van der Waals surface area contributed by atoms with Crippen molar-refractivity contribution in [3.8, 4) is 0 Å². The number of fused-ring (bicyclic) bond motifs is 1. The molecule has 1 aromatic heterocycles. The Balaban J connectivity index is 2.62. The molecule has 3 heteroatoms. The van der Waals surface area contributed by atoms with Crippen LogP contribution >= 0.6 is 0 Å². The van der Waals surface area contributed by atoms with E-state index in [1.54, 1.807) is 25.2 Å². The zero-order valence-corrected chi connectivity index (χ0v) is 10.6. The van der Waals surface area contributed by atoms with Gasteiger partial charge in [-0.2, -0.15) is 0 Å². The monoisotopic (exact) mass is 228 g/mol. The Hall–Kier alpha value is -1.90. The Bertz CT molecular complexity index is 588. The first-order chi connectivity index (χ1) is 7.99. The van der Waals surface area contributed by atoms with Gasteiger partial charge in [-0.25, -0.2) is 0 Å². The molecular weight excluding hydrogens is 212 g/mol. The summed E-state index contributed by atoms with van der Waals surface area (Å²) in [6.45, 7) is 4.09. The predicted molar refractivity (Wildman–Crippen MR) is 69.2 cm³/mol. The minimum Gasteiger partial charge on any atom is -0.345 e. The van der Waals surface area contributed by atoms with Gasteiger partial charge < -0.3 is 4.90 Å². The van der Waals surface area contributed by atoms with E-state index in [0.717, 1.165) is 16.5 Å². The van der Waals surface area contributed by atoms with Crippen LogP contribution in [0.5, 0.6) is 0 Å². The van der Waals surface area contributed by atoms with Gasteiger partial charge in [-0.3, -0.25) is 9.78 Å². The van der Waals surface area contributed by atoms with Crippen LogP contribution in [0.25, 0.3) is 10.9 Å². The third-order valence-corrected chi connectivity index (χ3v) is 2.77. The molecule has 0 saturated heterocycles. The zero-order chi connectivity index (χ0) is 12.6. The number of amides is 1.